The van der Waals surface area contributed by atoms with Gasteiger partial charge in [0.05, 0.1) is 5.41 Å². The molecule has 0 unspecified atom stereocenters. The minimum absolute atomic E-state index is 0.177. The first-order chi connectivity index (χ1) is 35.0. The summed E-state index contributed by atoms with van der Waals surface area (Å²) in [4.78, 5) is 2.54. The molecule has 3 aliphatic carbocycles. The average Bonchev–Trinajstić information content (AvgIpc) is 3.99. The highest BCUT2D eigenvalue weighted by Gasteiger charge is 2.51. The zero-order chi connectivity index (χ0) is 47.0. The molecule has 12 aromatic rings. The van der Waals surface area contributed by atoms with Crippen LogP contribution < -0.4 is 4.90 Å². The highest BCUT2D eigenvalue weighted by atomic mass is 15.1. The van der Waals surface area contributed by atoms with Crippen molar-refractivity contribution in [2.75, 3.05) is 4.90 Å². The molecule has 3 aliphatic rings. The Morgan fingerprint density at radius 1 is 0.225 bits per heavy atom. The number of hydrogen-bond donors (Lipinski definition) is 0. The Balaban J connectivity index is 1.06. The van der Waals surface area contributed by atoms with Crippen LogP contribution in [0.5, 0.6) is 0 Å². The topological polar surface area (TPSA) is 3.24 Å². The molecule has 0 atom stereocenters. The molecule has 1 nitrogen and oxygen atoms in total. The lowest BCUT2D eigenvalue weighted by atomic mass is 9.70. The molecule has 71 heavy (non-hydrogen) atoms. The molecule has 12 aromatic carbocycles. The molecule has 0 N–H and O–H groups in total. The van der Waals surface area contributed by atoms with Crippen LogP contribution in [0.3, 0.4) is 0 Å². The molecule has 0 radical (unpaired) electrons. The lowest BCUT2D eigenvalue weighted by molar-refractivity contribution is 0.660. The van der Waals surface area contributed by atoms with E-state index in [0.717, 1.165) is 17.1 Å². The molecule has 332 valence electrons. The fourth-order valence-corrected chi connectivity index (χ4v) is 13.4. The summed E-state index contributed by atoms with van der Waals surface area (Å²) in [5.41, 5.74) is 18.6. The molecule has 0 saturated carbocycles. The average molecular weight is 902 g/mol. The van der Waals surface area contributed by atoms with Gasteiger partial charge in [-0.1, -0.05) is 226 Å². The standard InChI is InChI=1S/C70H47N/c1-69(2)63-31-15-11-27-56(63)60-39-36-45(42-67(60)69)71(46-37-40-61-59-30-14-18-34-66(59)70(68(61)43-46)64-32-16-12-28-57(64)58-29-13-17-33-65(58)70)44-35-38-55-53-25-8-7-23-51(53)49-21-4-3-19-47(49)48-20-5-6-22-50(48)52-24-9-10-26-54(52)62(55)41-44/h3-43H,1-2H3. The molecule has 1 spiro atoms. The van der Waals surface area contributed by atoms with Crippen molar-refractivity contribution in [2.45, 2.75) is 24.7 Å². The molecule has 0 bridgehead atoms. The summed E-state index contributed by atoms with van der Waals surface area (Å²) in [5, 5.41) is 12.2. The first kappa shape index (κ1) is 40.1. The van der Waals surface area contributed by atoms with Gasteiger partial charge in [0.25, 0.3) is 0 Å². The fourth-order valence-electron chi connectivity index (χ4n) is 13.4. The lowest BCUT2D eigenvalue weighted by Gasteiger charge is -2.32. The first-order valence-electron chi connectivity index (χ1n) is 25.0. The lowest BCUT2D eigenvalue weighted by Crippen LogP contribution is -2.26. The molecular weight excluding hydrogens is 855 g/mol. The summed E-state index contributed by atoms with van der Waals surface area (Å²) < 4.78 is 0. The van der Waals surface area contributed by atoms with Crippen molar-refractivity contribution >= 4 is 70.9 Å². The van der Waals surface area contributed by atoms with Crippen LogP contribution in [0.15, 0.2) is 249 Å². The molecule has 1 heteroatoms. The Morgan fingerprint density at radius 3 is 0.944 bits per heavy atom. The Bertz CT molecular complexity index is 4200. The maximum Gasteiger partial charge on any atom is 0.0726 e. The van der Waals surface area contributed by atoms with Crippen molar-refractivity contribution < 1.29 is 0 Å². The summed E-state index contributed by atoms with van der Waals surface area (Å²) in [7, 11) is 0. The summed E-state index contributed by atoms with van der Waals surface area (Å²) in [6.07, 6.45) is 0. The highest BCUT2D eigenvalue weighted by Crippen LogP contribution is 2.63. The van der Waals surface area contributed by atoms with E-state index in [1.807, 2.05) is 0 Å². The van der Waals surface area contributed by atoms with Crippen LogP contribution in [-0.4, -0.2) is 0 Å². The van der Waals surface area contributed by atoms with Crippen molar-refractivity contribution in [1.29, 1.82) is 0 Å². The molecule has 0 heterocycles. The van der Waals surface area contributed by atoms with Gasteiger partial charge in [-0.15, -0.1) is 0 Å². The molecular formula is C70H47N. The van der Waals surface area contributed by atoms with Gasteiger partial charge in [0.15, 0.2) is 0 Å². The normalized spacial score (nSPS) is 14.0. The summed E-state index contributed by atoms with van der Waals surface area (Å²) in [6, 6.07) is 94.0. The second kappa shape index (κ2) is 14.9. The van der Waals surface area contributed by atoms with Gasteiger partial charge in [0, 0.05) is 22.5 Å². The molecule has 0 fully saturated rings. The Labute approximate surface area is 413 Å². The van der Waals surface area contributed by atoms with Crippen LogP contribution in [0.25, 0.3) is 87.2 Å². The number of benzene rings is 11. The minimum atomic E-state index is -0.475. The van der Waals surface area contributed by atoms with E-state index in [1.165, 1.54) is 121 Å². The van der Waals surface area contributed by atoms with Gasteiger partial charge < -0.3 is 4.90 Å². The third-order valence-corrected chi connectivity index (χ3v) is 16.5. The quantitative estimate of drug-likeness (QED) is 0.171. The molecule has 0 saturated heterocycles. The van der Waals surface area contributed by atoms with Gasteiger partial charge in [0.1, 0.15) is 0 Å². The van der Waals surface area contributed by atoms with Crippen LogP contribution in [-0.2, 0) is 10.8 Å². The highest BCUT2D eigenvalue weighted by molar-refractivity contribution is 6.26. The third-order valence-electron chi connectivity index (χ3n) is 16.5. The second-order valence-electron chi connectivity index (χ2n) is 20.3. The third kappa shape index (κ3) is 5.46. The Kier molecular flexibility index (Phi) is 8.40. The smallest absolute Gasteiger partial charge is 0.0726 e. The van der Waals surface area contributed by atoms with Gasteiger partial charge in [-0.25, -0.2) is 0 Å². The van der Waals surface area contributed by atoms with E-state index in [-0.39, 0.29) is 5.41 Å². The summed E-state index contributed by atoms with van der Waals surface area (Å²) in [5.74, 6) is 0. The molecule has 0 aliphatic heterocycles. The van der Waals surface area contributed by atoms with Crippen LogP contribution >= 0.6 is 0 Å². The van der Waals surface area contributed by atoms with E-state index in [1.54, 1.807) is 0 Å². The summed E-state index contributed by atoms with van der Waals surface area (Å²) >= 11 is 0. The van der Waals surface area contributed by atoms with E-state index in [4.69, 9.17) is 0 Å². The molecule has 0 amide bonds. The van der Waals surface area contributed by atoms with Crippen LogP contribution in [0.2, 0.25) is 0 Å². The largest absolute Gasteiger partial charge is 0.310 e. The Hall–Kier alpha value is -8.78. The zero-order valence-corrected chi connectivity index (χ0v) is 39.6. The van der Waals surface area contributed by atoms with Crippen LogP contribution in [0.4, 0.5) is 17.1 Å². The van der Waals surface area contributed by atoms with E-state index < -0.39 is 5.41 Å². The maximum absolute atomic E-state index is 2.54. The monoisotopic (exact) mass is 901 g/mol. The second-order valence-corrected chi connectivity index (χ2v) is 20.3. The minimum Gasteiger partial charge on any atom is -0.310 e. The van der Waals surface area contributed by atoms with Crippen molar-refractivity contribution in [3.05, 3.63) is 282 Å². The number of anilines is 3. The van der Waals surface area contributed by atoms with Crippen molar-refractivity contribution in [1.82, 2.24) is 0 Å². The number of nitrogens with zero attached hydrogens (tertiary/aromatic N) is 1. The van der Waals surface area contributed by atoms with E-state index in [2.05, 4.69) is 267 Å². The number of hydrogen-bond acceptors (Lipinski definition) is 1. The van der Waals surface area contributed by atoms with Gasteiger partial charge in [-0.05, 0) is 157 Å². The number of rotatable bonds is 3. The van der Waals surface area contributed by atoms with Gasteiger partial charge >= 0.3 is 0 Å². The predicted octanol–water partition coefficient (Wildman–Crippen LogP) is 18.7. The van der Waals surface area contributed by atoms with Gasteiger partial charge in [-0.2, -0.15) is 0 Å². The SMILES string of the molecule is CC1(C)c2ccccc2-c2ccc(N(c3ccc4c(c3)C3(c5ccccc5-c5ccccc53)c3ccccc3-4)c3ccc4c5ccccc5c5ccccc5c5ccccc5c5ccccc5c4c3)cc21. The Morgan fingerprint density at radius 2 is 0.507 bits per heavy atom. The van der Waals surface area contributed by atoms with Crippen molar-refractivity contribution in [3.8, 4) is 33.4 Å². The predicted molar refractivity (Wildman–Crippen MR) is 300 cm³/mol. The van der Waals surface area contributed by atoms with Crippen molar-refractivity contribution in [3.63, 3.8) is 0 Å². The van der Waals surface area contributed by atoms with Crippen molar-refractivity contribution in [2.24, 2.45) is 0 Å². The van der Waals surface area contributed by atoms with E-state index >= 15 is 0 Å². The molecule has 0 aromatic heterocycles. The zero-order valence-electron chi connectivity index (χ0n) is 39.6. The molecule has 15 rings (SSSR count). The van der Waals surface area contributed by atoms with E-state index in [9.17, 15) is 0 Å². The van der Waals surface area contributed by atoms with Crippen LogP contribution in [0.1, 0.15) is 47.2 Å². The van der Waals surface area contributed by atoms with Gasteiger partial charge in [-0.3, -0.25) is 0 Å². The number of fused-ring (bicyclic) bond motifs is 23. The fraction of sp³-hybridized carbons (Fsp3) is 0.0571. The van der Waals surface area contributed by atoms with Crippen LogP contribution in [0, 0.1) is 0 Å². The van der Waals surface area contributed by atoms with E-state index in [0.29, 0.717) is 0 Å². The summed E-state index contributed by atoms with van der Waals surface area (Å²) in [6.45, 7) is 4.77. The maximum atomic E-state index is 2.54. The first-order valence-corrected chi connectivity index (χ1v) is 25.0. The van der Waals surface area contributed by atoms with Gasteiger partial charge in [0.2, 0.25) is 0 Å².